The van der Waals surface area contributed by atoms with Crippen molar-refractivity contribution in [3.05, 3.63) is 0 Å². The van der Waals surface area contributed by atoms with E-state index in [4.69, 9.17) is 0 Å². The first-order chi connectivity index (χ1) is 8.97. The van der Waals surface area contributed by atoms with Crippen LogP contribution >= 0.6 is 0 Å². The van der Waals surface area contributed by atoms with Crippen LogP contribution in [0.2, 0.25) is 0 Å². The summed E-state index contributed by atoms with van der Waals surface area (Å²) in [6, 6.07) is 0. The van der Waals surface area contributed by atoms with Gasteiger partial charge in [0.15, 0.2) is 0 Å². The van der Waals surface area contributed by atoms with Gasteiger partial charge in [-0.25, -0.2) is 0 Å². The molecule has 1 heterocycles. The average molecular weight is 265 g/mol. The zero-order chi connectivity index (χ0) is 14.0. The topological polar surface area (TPSA) is 80.3 Å². The number of ketones is 2. The lowest BCUT2D eigenvalue weighted by Crippen LogP contribution is -2.40. The SMILES string of the molecule is C[C@@H]1CCC[C@H](C(=O)CC2CC(=O)NC(=O)C2)C1=O. The van der Waals surface area contributed by atoms with Gasteiger partial charge in [0.2, 0.25) is 11.8 Å². The number of carbonyl (C=O) groups is 4. The van der Waals surface area contributed by atoms with E-state index >= 15 is 0 Å². The van der Waals surface area contributed by atoms with Crippen molar-refractivity contribution in [2.24, 2.45) is 17.8 Å². The lowest BCUT2D eigenvalue weighted by molar-refractivity contribution is -0.138. The monoisotopic (exact) mass is 265 g/mol. The van der Waals surface area contributed by atoms with Crippen LogP contribution in [0.5, 0.6) is 0 Å². The van der Waals surface area contributed by atoms with Gasteiger partial charge in [-0.3, -0.25) is 24.5 Å². The molecule has 1 N–H and O–H groups in total. The second-order valence-corrected chi connectivity index (χ2v) is 5.70. The summed E-state index contributed by atoms with van der Waals surface area (Å²) >= 11 is 0. The predicted octanol–water partition coefficient (Wildman–Crippen LogP) is 1.00. The maximum Gasteiger partial charge on any atom is 0.226 e. The summed E-state index contributed by atoms with van der Waals surface area (Å²) < 4.78 is 0. The zero-order valence-electron chi connectivity index (χ0n) is 11.1. The molecule has 0 spiro atoms. The third kappa shape index (κ3) is 3.28. The van der Waals surface area contributed by atoms with Crippen LogP contribution in [0.4, 0.5) is 0 Å². The van der Waals surface area contributed by atoms with E-state index in [0.717, 1.165) is 12.8 Å². The first-order valence-corrected chi connectivity index (χ1v) is 6.86. The van der Waals surface area contributed by atoms with E-state index in [-0.39, 0.29) is 54.5 Å². The molecule has 1 saturated heterocycles. The van der Waals surface area contributed by atoms with Crippen molar-refractivity contribution in [3.8, 4) is 0 Å². The molecule has 2 atom stereocenters. The molecule has 5 heteroatoms. The van der Waals surface area contributed by atoms with E-state index < -0.39 is 5.92 Å². The molecule has 1 saturated carbocycles. The first kappa shape index (κ1) is 13.9. The second kappa shape index (κ2) is 5.63. The number of piperidine rings is 1. The summed E-state index contributed by atoms with van der Waals surface area (Å²) in [6.07, 6.45) is 2.94. The summed E-state index contributed by atoms with van der Waals surface area (Å²) in [6.45, 7) is 1.86. The molecule has 0 bridgehead atoms. The molecule has 0 aromatic heterocycles. The number of rotatable bonds is 3. The minimum Gasteiger partial charge on any atom is -0.299 e. The Bertz CT molecular complexity index is 413. The molecule has 1 aliphatic heterocycles. The predicted molar refractivity (Wildman–Crippen MR) is 67.0 cm³/mol. The van der Waals surface area contributed by atoms with Gasteiger partial charge in [0.05, 0.1) is 5.92 Å². The molecule has 2 amide bonds. The molecular weight excluding hydrogens is 246 g/mol. The maximum absolute atomic E-state index is 12.2. The number of Topliss-reactive ketones (excluding diaryl/α,β-unsaturated/α-hetero) is 2. The number of nitrogens with one attached hydrogen (secondary N) is 1. The largest absolute Gasteiger partial charge is 0.299 e. The van der Waals surface area contributed by atoms with Crippen LogP contribution in [0.3, 0.4) is 0 Å². The van der Waals surface area contributed by atoms with E-state index in [1.54, 1.807) is 0 Å². The molecule has 0 radical (unpaired) electrons. The van der Waals surface area contributed by atoms with Crippen molar-refractivity contribution in [1.82, 2.24) is 5.32 Å². The first-order valence-electron chi connectivity index (χ1n) is 6.86. The van der Waals surface area contributed by atoms with Crippen molar-refractivity contribution >= 4 is 23.4 Å². The second-order valence-electron chi connectivity index (χ2n) is 5.70. The Morgan fingerprint density at radius 2 is 1.79 bits per heavy atom. The van der Waals surface area contributed by atoms with E-state index in [2.05, 4.69) is 5.32 Å². The van der Waals surface area contributed by atoms with Gasteiger partial charge in [0, 0.05) is 25.2 Å². The Kier molecular flexibility index (Phi) is 4.12. The van der Waals surface area contributed by atoms with Crippen molar-refractivity contribution in [3.63, 3.8) is 0 Å². The number of carbonyl (C=O) groups excluding carboxylic acids is 4. The molecule has 104 valence electrons. The lowest BCUT2D eigenvalue weighted by atomic mass is 9.76. The number of amides is 2. The Morgan fingerprint density at radius 1 is 1.16 bits per heavy atom. The molecular formula is C14H19NO4. The maximum atomic E-state index is 12.2. The van der Waals surface area contributed by atoms with Crippen molar-refractivity contribution < 1.29 is 19.2 Å². The quantitative estimate of drug-likeness (QED) is 0.610. The molecule has 2 aliphatic rings. The van der Waals surface area contributed by atoms with E-state index in [1.807, 2.05) is 6.92 Å². The van der Waals surface area contributed by atoms with Gasteiger partial charge in [0.1, 0.15) is 11.6 Å². The highest BCUT2D eigenvalue weighted by Gasteiger charge is 2.35. The fourth-order valence-corrected chi connectivity index (χ4v) is 3.00. The highest BCUT2D eigenvalue weighted by molar-refractivity contribution is 6.04. The van der Waals surface area contributed by atoms with Crippen molar-refractivity contribution in [2.45, 2.75) is 45.4 Å². The smallest absolute Gasteiger partial charge is 0.226 e. The van der Waals surface area contributed by atoms with Gasteiger partial charge >= 0.3 is 0 Å². The third-order valence-electron chi connectivity index (χ3n) is 4.06. The van der Waals surface area contributed by atoms with Crippen LogP contribution in [0.25, 0.3) is 0 Å². The molecule has 0 aromatic carbocycles. The standard InChI is InChI=1S/C14H19NO4/c1-8-3-2-4-10(14(8)19)11(16)5-9-6-12(17)15-13(18)7-9/h8-10H,2-7H2,1H3,(H,15,17,18)/t8-,10-/m1/s1. The fourth-order valence-electron chi connectivity index (χ4n) is 3.00. The average Bonchev–Trinajstić information content (AvgIpc) is 2.31. The Hall–Kier alpha value is -1.52. The molecule has 0 unspecified atom stereocenters. The molecule has 5 nitrogen and oxygen atoms in total. The van der Waals surface area contributed by atoms with Gasteiger partial charge in [0.25, 0.3) is 0 Å². The van der Waals surface area contributed by atoms with E-state index in [1.165, 1.54) is 0 Å². The van der Waals surface area contributed by atoms with Gasteiger partial charge in [-0.2, -0.15) is 0 Å². The minimum atomic E-state index is -0.510. The van der Waals surface area contributed by atoms with Gasteiger partial charge in [-0.05, 0) is 18.8 Å². The highest BCUT2D eigenvalue weighted by atomic mass is 16.2. The Balaban J connectivity index is 1.95. The Morgan fingerprint density at radius 3 is 2.42 bits per heavy atom. The van der Waals surface area contributed by atoms with Crippen LogP contribution in [-0.4, -0.2) is 23.4 Å². The summed E-state index contributed by atoms with van der Waals surface area (Å²) in [4.78, 5) is 46.6. The summed E-state index contributed by atoms with van der Waals surface area (Å²) in [7, 11) is 0. The van der Waals surface area contributed by atoms with Crippen LogP contribution < -0.4 is 5.32 Å². The molecule has 2 rings (SSSR count). The number of imide groups is 1. The molecule has 19 heavy (non-hydrogen) atoms. The molecule has 2 fully saturated rings. The van der Waals surface area contributed by atoms with E-state index in [9.17, 15) is 19.2 Å². The summed E-state index contributed by atoms with van der Waals surface area (Å²) in [5, 5.41) is 2.22. The third-order valence-corrected chi connectivity index (χ3v) is 4.06. The van der Waals surface area contributed by atoms with Crippen LogP contribution in [0, 0.1) is 17.8 Å². The fraction of sp³-hybridized carbons (Fsp3) is 0.714. The summed E-state index contributed by atoms with van der Waals surface area (Å²) in [5.41, 5.74) is 0. The van der Waals surface area contributed by atoms with Gasteiger partial charge < -0.3 is 0 Å². The zero-order valence-corrected chi connectivity index (χ0v) is 11.1. The van der Waals surface area contributed by atoms with Gasteiger partial charge in [-0.1, -0.05) is 13.3 Å². The normalized spacial score (nSPS) is 29.2. The van der Waals surface area contributed by atoms with Crippen molar-refractivity contribution in [2.75, 3.05) is 0 Å². The van der Waals surface area contributed by atoms with Crippen LogP contribution in [0.15, 0.2) is 0 Å². The molecule has 1 aliphatic carbocycles. The number of hydrogen-bond donors (Lipinski definition) is 1. The minimum absolute atomic E-state index is 0.0304. The van der Waals surface area contributed by atoms with Crippen LogP contribution in [-0.2, 0) is 19.2 Å². The highest BCUT2D eigenvalue weighted by Crippen LogP contribution is 2.29. The Labute approximate surface area is 112 Å². The summed E-state index contributed by atoms with van der Waals surface area (Å²) in [5.74, 6) is -1.50. The number of hydrogen-bond acceptors (Lipinski definition) is 4. The molecule has 0 aromatic rings. The van der Waals surface area contributed by atoms with E-state index in [0.29, 0.717) is 6.42 Å². The van der Waals surface area contributed by atoms with Gasteiger partial charge in [-0.15, -0.1) is 0 Å². The van der Waals surface area contributed by atoms with Crippen LogP contribution in [0.1, 0.15) is 45.4 Å². The lowest BCUT2D eigenvalue weighted by Gasteiger charge is -2.26. The van der Waals surface area contributed by atoms with Crippen molar-refractivity contribution in [1.29, 1.82) is 0 Å².